The van der Waals surface area contributed by atoms with Gasteiger partial charge in [0.2, 0.25) is 11.8 Å². The molecule has 1 aromatic heterocycles. The molecule has 0 bridgehead atoms. The topological polar surface area (TPSA) is 56.4 Å². The fourth-order valence-electron chi connectivity index (χ4n) is 3.71. The van der Waals surface area contributed by atoms with E-state index in [0.717, 1.165) is 11.9 Å². The number of nitrogens with zero attached hydrogens (tertiary/aromatic N) is 2. The summed E-state index contributed by atoms with van der Waals surface area (Å²) >= 11 is 0. The van der Waals surface area contributed by atoms with Crippen molar-refractivity contribution >= 4 is 22.7 Å². The van der Waals surface area contributed by atoms with Gasteiger partial charge < -0.3 is 14.8 Å². The standard InChI is InChI=1S/C18H21N3O2/c1-20(2)16(22)18(8-9-18)17(23)21-10-7-15-13(11-21)12-5-3-4-6-14(12)19-15/h3-6,19H,7-11H2,1-2H3. The number of benzene rings is 1. The van der Waals surface area contributed by atoms with Crippen LogP contribution in [0.1, 0.15) is 24.1 Å². The molecular weight excluding hydrogens is 290 g/mol. The Bertz CT molecular complexity index is 802. The molecule has 1 N–H and O–H groups in total. The Kier molecular flexibility index (Phi) is 3.01. The highest BCUT2D eigenvalue weighted by molar-refractivity contribution is 6.07. The number of para-hydroxylation sites is 1. The van der Waals surface area contributed by atoms with Crippen LogP contribution in [0.4, 0.5) is 0 Å². The van der Waals surface area contributed by atoms with Gasteiger partial charge in [-0.05, 0) is 18.9 Å². The first kappa shape index (κ1) is 14.3. The Hall–Kier alpha value is -2.30. The lowest BCUT2D eigenvalue weighted by molar-refractivity contribution is -0.148. The summed E-state index contributed by atoms with van der Waals surface area (Å²) in [6.45, 7) is 1.28. The monoisotopic (exact) mass is 311 g/mol. The first-order valence-electron chi connectivity index (χ1n) is 8.12. The predicted octanol–water partition coefficient (Wildman–Crippen LogP) is 1.92. The summed E-state index contributed by atoms with van der Waals surface area (Å²) in [5, 5.41) is 1.18. The van der Waals surface area contributed by atoms with E-state index in [1.165, 1.54) is 16.6 Å². The molecule has 4 rings (SSSR count). The normalized spacial score (nSPS) is 18.6. The molecule has 1 fully saturated rings. The molecule has 0 unspecified atom stereocenters. The molecular formula is C18H21N3O2. The van der Waals surface area contributed by atoms with Crippen LogP contribution in [0.3, 0.4) is 0 Å². The third kappa shape index (κ3) is 2.06. The summed E-state index contributed by atoms with van der Waals surface area (Å²) in [5.74, 6) is -0.0423. The van der Waals surface area contributed by atoms with Gasteiger partial charge in [0.1, 0.15) is 5.41 Å². The summed E-state index contributed by atoms with van der Waals surface area (Å²) in [4.78, 5) is 32.2. The number of carbonyl (C=O) groups excluding carboxylic acids is 2. The molecule has 2 aromatic rings. The number of rotatable bonds is 2. The summed E-state index contributed by atoms with van der Waals surface area (Å²) in [5.41, 5.74) is 2.76. The van der Waals surface area contributed by atoms with Gasteiger partial charge in [-0.15, -0.1) is 0 Å². The molecule has 5 nitrogen and oxygen atoms in total. The van der Waals surface area contributed by atoms with Crippen molar-refractivity contribution in [1.82, 2.24) is 14.8 Å². The largest absolute Gasteiger partial charge is 0.358 e. The number of H-pyrrole nitrogens is 1. The fourth-order valence-corrected chi connectivity index (χ4v) is 3.71. The van der Waals surface area contributed by atoms with Gasteiger partial charge in [-0.3, -0.25) is 9.59 Å². The van der Waals surface area contributed by atoms with Gasteiger partial charge in [0, 0.05) is 55.8 Å². The second kappa shape index (κ2) is 4.85. The van der Waals surface area contributed by atoms with Crippen molar-refractivity contribution in [1.29, 1.82) is 0 Å². The molecule has 0 atom stereocenters. The second-order valence-corrected chi connectivity index (χ2v) is 6.89. The second-order valence-electron chi connectivity index (χ2n) is 6.89. The minimum atomic E-state index is -0.785. The molecule has 2 aliphatic rings. The smallest absolute Gasteiger partial charge is 0.238 e. The van der Waals surface area contributed by atoms with E-state index in [-0.39, 0.29) is 11.8 Å². The Labute approximate surface area is 135 Å². The highest BCUT2D eigenvalue weighted by Crippen LogP contribution is 2.49. The molecule has 0 radical (unpaired) electrons. The van der Waals surface area contributed by atoms with Crippen LogP contribution >= 0.6 is 0 Å². The number of amides is 2. The van der Waals surface area contributed by atoms with Crippen molar-refractivity contribution in [3.05, 3.63) is 35.5 Å². The van der Waals surface area contributed by atoms with Crippen molar-refractivity contribution in [2.45, 2.75) is 25.8 Å². The average molecular weight is 311 g/mol. The molecule has 1 aliphatic heterocycles. The minimum Gasteiger partial charge on any atom is -0.358 e. The van der Waals surface area contributed by atoms with Crippen molar-refractivity contribution in [2.75, 3.05) is 20.6 Å². The maximum absolute atomic E-state index is 13.0. The average Bonchev–Trinajstić information content (AvgIpc) is 3.28. The van der Waals surface area contributed by atoms with Crippen LogP contribution in [0, 0.1) is 5.41 Å². The molecule has 5 heteroatoms. The van der Waals surface area contributed by atoms with Crippen molar-refractivity contribution in [2.24, 2.45) is 5.41 Å². The lowest BCUT2D eigenvalue weighted by Crippen LogP contribution is -2.46. The Morgan fingerprint density at radius 2 is 1.96 bits per heavy atom. The molecule has 0 spiro atoms. The van der Waals surface area contributed by atoms with Crippen molar-refractivity contribution in [3.63, 3.8) is 0 Å². The maximum atomic E-state index is 13.0. The molecule has 23 heavy (non-hydrogen) atoms. The molecule has 0 saturated heterocycles. The molecule has 120 valence electrons. The summed E-state index contributed by atoms with van der Waals surface area (Å²) in [6, 6.07) is 8.20. The molecule has 2 heterocycles. The maximum Gasteiger partial charge on any atom is 0.238 e. The zero-order valence-electron chi connectivity index (χ0n) is 13.6. The Morgan fingerprint density at radius 3 is 2.65 bits per heavy atom. The lowest BCUT2D eigenvalue weighted by atomic mass is 9.99. The first-order chi connectivity index (χ1) is 11.0. The van der Waals surface area contributed by atoms with Gasteiger partial charge in [-0.25, -0.2) is 0 Å². The number of aromatic nitrogens is 1. The number of hydrogen-bond acceptors (Lipinski definition) is 2. The first-order valence-corrected chi connectivity index (χ1v) is 8.12. The van der Waals surface area contributed by atoms with Gasteiger partial charge in [0.15, 0.2) is 0 Å². The van der Waals surface area contributed by atoms with E-state index in [1.54, 1.807) is 19.0 Å². The van der Waals surface area contributed by atoms with Gasteiger partial charge >= 0.3 is 0 Å². The van der Waals surface area contributed by atoms with E-state index in [2.05, 4.69) is 17.1 Å². The van der Waals surface area contributed by atoms with E-state index < -0.39 is 5.41 Å². The Balaban J connectivity index is 1.63. The highest BCUT2D eigenvalue weighted by Gasteiger charge is 2.58. The molecule has 1 saturated carbocycles. The fraction of sp³-hybridized carbons (Fsp3) is 0.444. The van der Waals surface area contributed by atoms with Gasteiger partial charge in [-0.1, -0.05) is 18.2 Å². The quantitative estimate of drug-likeness (QED) is 0.862. The van der Waals surface area contributed by atoms with E-state index in [0.29, 0.717) is 25.9 Å². The molecule has 2 amide bonds. The van der Waals surface area contributed by atoms with Gasteiger partial charge in [0.05, 0.1) is 0 Å². The van der Waals surface area contributed by atoms with Crippen LogP contribution in [0.2, 0.25) is 0 Å². The summed E-state index contributed by atoms with van der Waals surface area (Å²) < 4.78 is 0. The van der Waals surface area contributed by atoms with Crippen LogP contribution in [0.5, 0.6) is 0 Å². The molecule has 1 aromatic carbocycles. The van der Waals surface area contributed by atoms with Gasteiger partial charge in [0.25, 0.3) is 0 Å². The van der Waals surface area contributed by atoms with E-state index >= 15 is 0 Å². The van der Waals surface area contributed by atoms with Gasteiger partial charge in [-0.2, -0.15) is 0 Å². The lowest BCUT2D eigenvalue weighted by Gasteiger charge is -2.31. The van der Waals surface area contributed by atoms with E-state index in [4.69, 9.17) is 0 Å². The SMILES string of the molecule is CN(C)C(=O)C1(C(=O)N2CCc3[nH]c4ccccc4c3C2)CC1. The predicted molar refractivity (Wildman–Crippen MR) is 87.8 cm³/mol. The zero-order valence-corrected chi connectivity index (χ0v) is 13.6. The van der Waals surface area contributed by atoms with Crippen LogP contribution in [-0.2, 0) is 22.6 Å². The third-order valence-corrected chi connectivity index (χ3v) is 5.14. The Morgan fingerprint density at radius 1 is 1.22 bits per heavy atom. The zero-order chi connectivity index (χ0) is 16.2. The summed E-state index contributed by atoms with van der Waals surface area (Å²) in [6.07, 6.45) is 2.18. The summed E-state index contributed by atoms with van der Waals surface area (Å²) in [7, 11) is 3.45. The number of aromatic amines is 1. The number of fused-ring (bicyclic) bond motifs is 3. The van der Waals surface area contributed by atoms with Crippen LogP contribution in [0.25, 0.3) is 10.9 Å². The number of hydrogen-bond donors (Lipinski definition) is 1. The number of nitrogens with one attached hydrogen (secondary N) is 1. The highest BCUT2D eigenvalue weighted by atomic mass is 16.2. The van der Waals surface area contributed by atoms with E-state index in [1.807, 2.05) is 17.0 Å². The third-order valence-electron chi connectivity index (χ3n) is 5.14. The molecule has 1 aliphatic carbocycles. The van der Waals surface area contributed by atoms with Crippen LogP contribution in [-0.4, -0.2) is 47.2 Å². The van der Waals surface area contributed by atoms with Crippen LogP contribution in [0.15, 0.2) is 24.3 Å². The van der Waals surface area contributed by atoms with Crippen LogP contribution < -0.4 is 0 Å². The van der Waals surface area contributed by atoms with Crippen molar-refractivity contribution < 1.29 is 9.59 Å². The van der Waals surface area contributed by atoms with Crippen molar-refractivity contribution in [3.8, 4) is 0 Å². The minimum absolute atomic E-state index is 0.00660. The number of carbonyl (C=O) groups is 2. The van der Waals surface area contributed by atoms with E-state index in [9.17, 15) is 9.59 Å².